The lowest BCUT2D eigenvalue weighted by Gasteiger charge is -2.27. The second kappa shape index (κ2) is 9.12. The monoisotopic (exact) mass is 434 g/mol. The van der Waals surface area contributed by atoms with Crippen LogP contribution in [0.15, 0.2) is 66.0 Å². The van der Waals surface area contributed by atoms with Crippen LogP contribution in [0.2, 0.25) is 0 Å². The smallest absolute Gasteiger partial charge is 0.234 e. The first kappa shape index (κ1) is 20.1. The van der Waals surface area contributed by atoms with E-state index >= 15 is 0 Å². The maximum atomic E-state index is 13.1. The molecule has 3 heterocycles. The van der Waals surface area contributed by atoms with Crippen LogP contribution in [0.5, 0.6) is 11.5 Å². The first-order valence-corrected chi connectivity index (χ1v) is 11.7. The summed E-state index contributed by atoms with van der Waals surface area (Å²) >= 11 is 1.67. The van der Waals surface area contributed by atoms with Crippen molar-refractivity contribution in [2.24, 2.45) is 0 Å². The quantitative estimate of drug-likeness (QED) is 0.618. The van der Waals surface area contributed by atoms with Crippen molar-refractivity contribution in [3.05, 3.63) is 82.0 Å². The van der Waals surface area contributed by atoms with E-state index in [1.165, 1.54) is 5.56 Å². The summed E-state index contributed by atoms with van der Waals surface area (Å²) in [5.41, 5.74) is 2.29. The van der Waals surface area contributed by atoms with E-state index in [-0.39, 0.29) is 18.0 Å². The molecule has 1 fully saturated rings. The number of carbonyl (C=O) groups is 1. The van der Waals surface area contributed by atoms with Crippen molar-refractivity contribution in [3.8, 4) is 11.5 Å². The van der Waals surface area contributed by atoms with Gasteiger partial charge in [0, 0.05) is 10.9 Å². The SMILES string of the molecule is O=C(CN1CCC[C@@H]1c1ccc2c(c1)OCCO2)N[C@H](c1ccccc1)c1cccs1. The second-order valence-corrected chi connectivity index (χ2v) is 8.94. The average molecular weight is 435 g/mol. The molecule has 3 aromatic rings. The highest BCUT2D eigenvalue weighted by Gasteiger charge is 2.29. The zero-order valence-electron chi connectivity index (χ0n) is 17.3. The number of hydrogen-bond acceptors (Lipinski definition) is 5. The van der Waals surface area contributed by atoms with E-state index in [0.717, 1.165) is 41.3 Å². The number of likely N-dealkylation sites (tertiary alicyclic amines) is 1. The highest BCUT2D eigenvalue weighted by molar-refractivity contribution is 7.10. The Bertz CT molecular complexity index is 1020. The Labute approximate surface area is 186 Å². The number of nitrogens with one attached hydrogen (secondary N) is 1. The number of rotatable bonds is 6. The Balaban J connectivity index is 1.30. The van der Waals surface area contributed by atoms with Crippen LogP contribution in [0.1, 0.15) is 40.9 Å². The number of nitrogens with zero attached hydrogens (tertiary/aromatic N) is 1. The van der Waals surface area contributed by atoms with Crippen LogP contribution in [0.3, 0.4) is 0 Å². The standard InChI is InChI=1S/C25H26N2O3S/c28-24(26-25(23-9-5-15-31-23)18-6-2-1-3-7-18)17-27-12-4-8-20(27)19-10-11-21-22(16-19)30-14-13-29-21/h1-3,5-7,9-11,15-16,20,25H,4,8,12-14,17H2,(H,26,28)/t20-,25-/m1/s1. The topological polar surface area (TPSA) is 50.8 Å². The molecular formula is C25H26N2O3S. The van der Waals surface area contributed by atoms with E-state index in [2.05, 4.69) is 45.9 Å². The molecular weight excluding hydrogens is 408 g/mol. The largest absolute Gasteiger partial charge is 0.486 e. The fourth-order valence-electron chi connectivity index (χ4n) is 4.47. The maximum absolute atomic E-state index is 13.1. The molecule has 1 amide bonds. The minimum Gasteiger partial charge on any atom is -0.486 e. The maximum Gasteiger partial charge on any atom is 0.234 e. The van der Waals surface area contributed by atoms with Crippen LogP contribution in [0.4, 0.5) is 0 Å². The fourth-order valence-corrected chi connectivity index (χ4v) is 5.27. The number of carbonyl (C=O) groups excluding carboxylic acids is 1. The van der Waals surface area contributed by atoms with Gasteiger partial charge in [-0.3, -0.25) is 9.69 Å². The first-order chi connectivity index (χ1) is 15.3. The predicted molar refractivity (Wildman–Crippen MR) is 122 cm³/mol. The van der Waals surface area contributed by atoms with Gasteiger partial charge >= 0.3 is 0 Å². The van der Waals surface area contributed by atoms with Gasteiger partial charge in [-0.2, -0.15) is 0 Å². The molecule has 2 atom stereocenters. The lowest BCUT2D eigenvalue weighted by atomic mass is 10.0. The van der Waals surface area contributed by atoms with Crippen molar-refractivity contribution in [3.63, 3.8) is 0 Å². The minimum absolute atomic E-state index is 0.0479. The Morgan fingerprint density at radius 2 is 1.90 bits per heavy atom. The summed E-state index contributed by atoms with van der Waals surface area (Å²) in [6.45, 7) is 2.47. The second-order valence-electron chi connectivity index (χ2n) is 7.96. The van der Waals surface area contributed by atoms with Crippen molar-refractivity contribution in [1.29, 1.82) is 0 Å². The summed E-state index contributed by atoms with van der Waals surface area (Å²) in [6.07, 6.45) is 2.12. The van der Waals surface area contributed by atoms with Crippen LogP contribution in [0, 0.1) is 0 Å². The van der Waals surface area contributed by atoms with Gasteiger partial charge in [-0.05, 0) is 54.1 Å². The van der Waals surface area contributed by atoms with Crippen LogP contribution < -0.4 is 14.8 Å². The molecule has 0 saturated carbocycles. The molecule has 6 heteroatoms. The Kier molecular flexibility index (Phi) is 5.91. The third kappa shape index (κ3) is 4.45. The molecule has 0 unspecified atom stereocenters. The highest BCUT2D eigenvalue weighted by Crippen LogP contribution is 2.38. The number of benzene rings is 2. The van der Waals surface area contributed by atoms with Gasteiger partial charge in [-0.25, -0.2) is 0 Å². The average Bonchev–Trinajstić information content (AvgIpc) is 3.50. The van der Waals surface area contributed by atoms with E-state index < -0.39 is 0 Å². The molecule has 1 aromatic heterocycles. The van der Waals surface area contributed by atoms with E-state index in [1.54, 1.807) is 11.3 Å². The molecule has 1 N–H and O–H groups in total. The molecule has 0 spiro atoms. The number of amides is 1. The Morgan fingerprint density at radius 1 is 1.06 bits per heavy atom. The van der Waals surface area contributed by atoms with Crippen LogP contribution >= 0.6 is 11.3 Å². The number of fused-ring (bicyclic) bond motifs is 1. The van der Waals surface area contributed by atoms with Gasteiger partial charge in [0.15, 0.2) is 11.5 Å². The molecule has 160 valence electrons. The molecule has 0 radical (unpaired) electrons. The summed E-state index contributed by atoms with van der Waals surface area (Å²) in [4.78, 5) is 16.5. The van der Waals surface area contributed by atoms with Gasteiger partial charge in [-0.1, -0.05) is 42.5 Å². The van der Waals surface area contributed by atoms with E-state index in [1.807, 2.05) is 30.3 Å². The van der Waals surface area contributed by atoms with Crippen LogP contribution in [0.25, 0.3) is 0 Å². The molecule has 2 aromatic carbocycles. The van der Waals surface area contributed by atoms with Crippen molar-refractivity contribution in [1.82, 2.24) is 10.2 Å². The summed E-state index contributed by atoms with van der Waals surface area (Å²) in [5, 5.41) is 5.32. The van der Waals surface area contributed by atoms with Crippen molar-refractivity contribution < 1.29 is 14.3 Å². The van der Waals surface area contributed by atoms with Crippen LogP contribution in [-0.4, -0.2) is 37.1 Å². The molecule has 5 rings (SSSR count). The molecule has 2 aliphatic heterocycles. The van der Waals surface area contributed by atoms with E-state index in [9.17, 15) is 4.79 Å². The first-order valence-electron chi connectivity index (χ1n) is 10.8. The van der Waals surface area contributed by atoms with Gasteiger partial charge in [0.1, 0.15) is 13.2 Å². The highest BCUT2D eigenvalue weighted by atomic mass is 32.1. The number of ether oxygens (including phenoxy) is 2. The lowest BCUT2D eigenvalue weighted by molar-refractivity contribution is -0.123. The molecule has 1 saturated heterocycles. The number of hydrogen-bond donors (Lipinski definition) is 1. The summed E-state index contributed by atoms with van der Waals surface area (Å²) in [5.74, 6) is 1.66. The molecule has 0 bridgehead atoms. The third-order valence-electron chi connectivity index (χ3n) is 5.93. The van der Waals surface area contributed by atoms with Crippen molar-refractivity contribution >= 4 is 17.2 Å². The van der Waals surface area contributed by atoms with Gasteiger partial charge in [0.25, 0.3) is 0 Å². The molecule has 31 heavy (non-hydrogen) atoms. The van der Waals surface area contributed by atoms with E-state index in [0.29, 0.717) is 19.8 Å². The summed E-state index contributed by atoms with van der Waals surface area (Å²) in [6, 6.07) is 20.5. The summed E-state index contributed by atoms with van der Waals surface area (Å²) < 4.78 is 11.4. The van der Waals surface area contributed by atoms with Gasteiger partial charge in [0.05, 0.1) is 12.6 Å². The molecule has 0 aliphatic carbocycles. The van der Waals surface area contributed by atoms with Gasteiger partial charge < -0.3 is 14.8 Å². The third-order valence-corrected chi connectivity index (χ3v) is 6.86. The van der Waals surface area contributed by atoms with Crippen molar-refractivity contribution in [2.45, 2.75) is 24.9 Å². The minimum atomic E-state index is -0.121. The van der Waals surface area contributed by atoms with Gasteiger partial charge in [-0.15, -0.1) is 11.3 Å². The molecule has 2 aliphatic rings. The predicted octanol–water partition coefficient (Wildman–Crippen LogP) is 4.56. The normalized spacial score (nSPS) is 19.2. The van der Waals surface area contributed by atoms with Crippen LogP contribution in [-0.2, 0) is 4.79 Å². The zero-order chi connectivity index (χ0) is 21.0. The fraction of sp³-hybridized carbons (Fsp3) is 0.320. The Morgan fingerprint density at radius 3 is 2.71 bits per heavy atom. The number of thiophene rings is 1. The van der Waals surface area contributed by atoms with Gasteiger partial charge in [0.2, 0.25) is 5.91 Å². The van der Waals surface area contributed by atoms with Crippen molar-refractivity contribution in [2.75, 3.05) is 26.3 Å². The Hall–Kier alpha value is -2.83. The zero-order valence-corrected chi connectivity index (χ0v) is 18.1. The summed E-state index contributed by atoms with van der Waals surface area (Å²) in [7, 11) is 0. The van der Waals surface area contributed by atoms with E-state index in [4.69, 9.17) is 9.47 Å². The lowest BCUT2D eigenvalue weighted by Crippen LogP contribution is -2.38. The molecule has 5 nitrogen and oxygen atoms in total.